The number of phosphoric ester groups is 1. The number of rotatable bonds is 7. The van der Waals surface area contributed by atoms with E-state index in [1.807, 2.05) is 61.5 Å². The Hall–Kier alpha value is -2.02. The molecule has 0 bridgehead atoms. The molecule has 0 aliphatic rings. The Morgan fingerprint density at radius 3 is 2.62 bits per heavy atom. The van der Waals surface area contributed by atoms with Gasteiger partial charge in [-0.3, -0.25) is 9.32 Å². The molecule has 0 spiro atoms. The molecule has 3 rings (SSSR count). The van der Waals surface area contributed by atoms with Crippen molar-refractivity contribution in [3.05, 3.63) is 81.8 Å². The first-order valence-corrected chi connectivity index (χ1v) is 11.3. The summed E-state index contributed by atoms with van der Waals surface area (Å²) in [6, 6.07) is 18.4. The van der Waals surface area contributed by atoms with Crippen LogP contribution >= 0.6 is 23.8 Å². The van der Waals surface area contributed by atoms with E-state index in [4.69, 9.17) is 9.79 Å². The molecule has 6 nitrogen and oxygen atoms in total. The molecule has 3 aromatic carbocycles. The Morgan fingerprint density at radius 2 is 1.90 bits per heavy atom. The van der Waals surface area contributed by atoms with Crippen molar-refractivity contribution in [2.75, 3.05) is 6.61 Å². The van der Waals surface area contributed by atoms with E-state index in [1.54, 1.807) is 6.07 Å². The van der Waals surface area contributed by atoms with Crippen LogP contribution in [0.1, 0.15) is 21.5 Å². The van der Waals surface area contributed by atoms with E-state index < -0.39 is 13.9 Å². The molecule has 3 N–H and O–H groups in total. The maximum atomic E-state index is 12.9. The molecule has 1 amide bonds. The van der Waals surface area contributed by atoms with Gasteiger partial charge in [-0.05, 0) is 51.7 Å². The van der Waals surface area contributed by atoms with Crippen LogP contribution in [0.5, 0.6) is 0 Å². The molecule has 0 saturated heterocycles. The Balaban J connectivity index is 1.83. The van der Waals surface area contributed by atoms with Crippen molar-refractivity contribution in [1.82, 2.24) is 5.32 Å². The van der Waals surface area contributed by atoms with Crippen molar-refractivity contribution in [2.24, 2.45) is 0 Å². The molecule has 0 aromatic heterocycles. The first-order chi connectivity index (χ1) is 13.7. The number of halogens is 1. The highest BCUT2D eigenvalue weighted by atomic mass is 79.9. The van der Waals surface area contributed by atoms with Crippen molar-refractivity contribution in [2.45, 2.75) is 19.4 Å². The predicted octanol–water partition coefficient (Wildman–Crippen LogP) is 4.36. The molecule has 3 aromatic rings. The van der Waals surface area contributed by atoms with Gasteiger partial charge in [0.2, 0.25) is 0 Å². The van der Waals surface area contributed by atoms with Gasteiger partial charge in [0, 0.05) is 4.47 Å². The number of benzene rings is 3. The third-order valence-corrected chi connectivity index (χ3v) is 5.79. The molecule has 0 aliphatic heterocycles. The maximum Gasteiger partial charge on any atom is 0.469 e. The Morgan fingerprint density at radius 1 is 1.14 bits per heavy atom. The summed E-state index contributed by atoms with van der Waals surface area (Å²) in [6.07, 6.45) is 0.374. The lowest BCUT2D eigenvalue weighted by Crippen LogP contribution is -2.39. The van der Waals surface area contributed by atoms with Gasteiger partial charge in [-0.2, -0.15) is 0 Å². The summed E-state index contributed by atoms with van der Waals surface area (Å²) in [5.74, 6) is -0.352. The van der Waals surface area contributed by atoms with Crippen LogP contribution in [-0.2, 0) is 15.5 Å². The third kappa shape index (κ3) is 5.98. The molecule has 152 valence electrons. The number of aryl methyl sites for hydroxylation is 1. The fourth-order valence-electron chi connectivity index (χ4n) is 3.13. The van der Waals surface area contributed by atoms with Crippen LogP contribution in [0.25, 0.3) is 10.8 Å². The standard InChI is InChI=1S/C21H21BrNO5P/c1-14-5-4-6-15(11-14)12-17(13-28-29(25,26)27)23-21(24)19-10-9-16-7-2-3-8-18(16)20(19)22/h2-11,17H,12-13H2,1H3,(H,23,24)(H2,25,26,27)/t17-/m1/s1. The molecule has 0 unspecified atom stereocenters. The van der Waals surface area contributed by atoms with Gasteiger partial charge in [0.1, 0.15) is 0 Å². The van der Waals surface area contributed by atoms with Crippen LogP contribution in [-0.4, -0.2) is 28.3 Å². The molecular formula is C21H21BrNO5P. The van der Waals surface area contributed by atoms with Crippen LogP contribution in [0.4, 0.5) is 0 Å². The molecule has 1 atom stereocenters. The van der Waals surface area contributed by atoms with Crippen molar-refractivity contribution in [3.8, 4) is 0 Å². The van der Waals surface area contributed by atoms with Crippen molar-refractivity contribution >= 4 is 40.4 Å². The predicted molar refractivity (Wildman–Crippen MR) is 116 cm³/mol. The van der Waals surface area contributed by atoms with Crippen LogP contribution in [0, 0.1) is 6.92 Å². The van der Waals surface area contributed by atoms with Crippen LogP contribution in [0.2, 0.25) is 0 Å². The van der Waals surface area contributed by atoms with Gasteiger partial charge in [0.15, 0.2) is 0 Å². The first kappa shape index (κ1) is 21.7. The smallest absolute Gasteiger partial charge is 0.347 e. The second-order valence-electron chi connectivity index (χ2n) is 6.80. The Labute approximate surface area is 177 Å². The van der Waals surface area contributed by atoms with E-state index in [9.17, 15) is 9.36 Å². The van der Waals surface area contributed by atoms with E-state index >= 15 is 0 Å². The molecular weight excluding hydrogens is 457 g/mol. The highest BCUT2D eigenvalue weighted by Crippen LogP contribution is 2.36. The molecule has 0 heterocycles. The van der Waals surface area contributed by atoms with Gasteiger partial charge in [-0.1, -0.05) is 60.2 Å². The molecule has 0 saturated carbocycles. The SMILES string of the molecule is Cc1cccc(C[C@H](COP(=O)(O)O)NC(=O)c2ccc3ccccc3c2Br)c1. The first-order valence-electron chi connectivity index (χ1n) is 8.97. The number of carbonyl (C=O) groups excluding carboxylic acids is 1. The number of nitrogens with one attached hydrogen (secondary N) is 1. The normalized spacial score (nSPS) is 12.7. The molecule has 0 aliphatic carbocycles. The molecule has 0 radical (unpaired) electrons. The zero-order valence-corrected chi connectivity index (χ0v) is 18.2. The monoisotopic (exact) mass is 477 g/mol. The molecule has 0 fully saturated rings. The highest BCUT2D eigenvalue weighted by Gasteiger charge is 2.22. The minimum atomic E-state index is -4.65. The van der Waals surface area contributed by atoms with Gasteiger partial charge in [-0.15, -0.1) is 0 Å². The third-order valence-electron chi connectivity index (χ3n) is 4.45. The Bertz CT molecular complexity index is 1080. The summed E-state index contributed by atoms with van der Waals surface area (Å²) in [5.41, 5.74) is 2.43. The lowest BCUT2D eigenvalue weighted by Gasteiger charge is -2.20. The average molecular weight is 478 g/mol. The second kappa shape index (κ2) is 9.20. The summed E-state index contributed by atoms with van der Waals surface area (Å²) in [4.78, 5) is 31.0. The van der Waals surface area contributed by atoms with Crippen LogP contribution in [0.3, 0.4) is 0 Å². The van der Waals surface area contributed by atoms with E-state index in [-0.39, 0.29) is 12.5 Å². The highest BCUT2D eigenvalue weighted by molar-refractivity contribution is 9.10. The summed E-state index contributed by atoms with van der Waals surface area (Å²) in [5, 5.41) is 4.74. The fraction of sp³-hybridized carbons (Fsp3) is 0.190. The van der Waals surface area contributed by atoms with E-state index in [1.165, 1.54) is 0 Å². The summed E-state index contributed by atoms with van der Waals surface area (Å²) in [6.45, 7) is 1.64. The van der Waals surface area contributed by atoms with E-state index in [0.29, 0.717) is 16.5 Å². The molecule has 8 heteroatoms. The van der Waals surface area contributed by atoms with Crippen molar-refractivity contribution in [3.63, 3.8) is 0 Å². The number of phosphoric acid groups is 1. The Kier molecular flexibility index (Phi) is 6.88. The summed E-state index contributed by atoms with van der Waals surface area (Å²) in [7, 11) is -4.65. The molecule has 29 heavy (non-hydrogen) atoms. The minimum Gasteiger partial charge on any atom is -0.347 e. The zero-order valence-electron chi connectivity index (χ0n) is 15.7. The summed E-state index contributed by atoms with van der Waals surface area (Å²) < 4.78 is 16.5. The van der Waals surface area contributed by atoms with Gasteiger partial charge >= 0.3 is 7.82 Å². The van der Waals surface area contributed by atoms with Gasteiger partial charge in [-0.25, -0.2) is 4.57 Å². The maximum absolute atomic E-state index is 12.9. The van der Waals surface area contributed by atoms with Gasteiger partial charge in [0.25, 0.3) is 5.91 Å². The number of hydrogen-bond acceptors (Lipinski definition) is 3. The largest absolute Gasteiger partial charge is 0.469 e. The van der Waals surface area contributed by atoms with E-state index in [0.717, 1.165) is 21.9 Å². The van der Waals surface area contributed by atoms with Crippen LogP contribution in [0.15, 0.2) is 65.1 Å². The quantitative estimate of drug-likeness (QED) is 0.439. The minimum absolute atomic E-state index is 0.310. The average Bonchev–Trinajstić information content (AvgIpc) is 2.66. The lowest BCUT2D eigenvalue weighted by molar-refractivity contribution is 0.0908. The van der Waals surface area contributed by atoms with Gasteiger partial charge in [0.05, 0.1) is 18.2 Å². The fourth-order valence-corrected chi connectivity index (χ4v) is 4.18. The lowest BCUT2D eigenvalue weighted by atomic mass is 10.0. The van der Waals surface area contributed by atoms with Crippen LogP contribution < -0.4 is 5.32 Å². The zero-order chi connectivity index (χ0) is 21.0. The number of amides is 1. The number of carbonyl (C=O) groups is 1. The second-order valence-corrected chi connectivity index (χ2v) is 8.83. The van der Waals surface area contributed by atoms with Crippen molar-refractivity contribution in [1.29, 1.82) is 0 Å². The number of hydrogen-bond donors (Lipinski definition) is 3. The van der Waals surface area contributed by atoms with Gasteiger partial charge < -0.3 is 15.1 Å². The topological polar surface area (TPSA) is 95.9 Å². The van der Waals surface area contributed by atoms with Crippen molar-refractivity contribution < 1.29 is 23.7 Å². The summed E-state index contributed by atoms with van der Waals surface area (Å²) >= 11 is 3.50. The van der Waals surface area contributed by atoms with E-state index in [2.05, 4.69) is 25.8 Å². The number of fused-ring (bicyclic) bond motifs is 1.